The Balaban J connectivity index is 1.82. The number of pyridine rings is 1. The molecule has 7 nitrogen and oxygen atoms in total. The van der Waals surface area contributed by atoms with Crippen molar-refractivity contribution < 1.29 is 26.0 Å². The van der Waals surface area contributed by atoms with Gasteiger partial charge in [0.2, 0.25) is 0 Å². The molecule has 1 amide bonds. The SMILES string of the molecule is O=C(NCc1ccccn1)c1cc(S(=O)(=O)[C@@H]2CCS(=O)(=O)C2)ccc1F. The number of hydrogen-bond donors (Lipinski definition) is 1. The van der Waals surface area contributed by atoms with Crippen molar-refractivity contribution in [2.75, 3.05) is 11.5 Å². The maximum Gasteiger partial charge on any atom is 0.254 e. The van der Waals surface area contributed by atoms with E-state index in [1.165, 1.54) is 0 Å². The molecule has 1 aliphatic heterocycles. The predicted octanol–water partition coefficient (Wildman–Crippen LogP) is 1.11. The standard InChI is InChI=1S/C17H17FN2O5S2/c18-16-5-4-13(27(24,25)14-6-8-26(22,23)11-14)9-15(16)17(21)20-10-12-3-1-2-7-19-12/h1-5,7,9,14H,6,8,10-11H2,(H,20,21)/t14-/m1/s1. The van der Waals surface area contributed by atoms with Gasteiger partial charge in [0.05, 0.1) is 39.5 Å². The smallest absolute Gasteiger partial charge is 0.254 e. The van der Waals surface area contributed by atoms with Crippen LogP contribution in [0.3, 0.4) is 0 Å². The molecule has 0 radical (unpaired) electrons. The molecule has 1 atom stereocenters. The number of sulfone groups is 2. The van der Waals surface area contributed by atoms with Gasteiger partial charge >= 0.3 is 0 Å². The topological polar surface area (TPSA) is 110 Å². The lowest BCUT2D eigenvalue weighted by Gasteiger charge is -2.12. The molecular formula is C17H17FN2O5S2. The Kier molecular flexibility index (Phi) is 5.29. The van der Waals surface area contributed by atoms with E-state index in [1.807, 2.05) is 0 Å². The van der Waals surface area contributed by atoms with Crippen LogP contribution in [0.5, 0.6) is 0 Å². The molecule has 0 unspecified atom stereocenters. The normalized spacial score (nSPS) is 18.9. The first-order chi connectivity index (χ1) is 12.7. The second-order valence-electron chi connectivity index (χ2n) is 6.22. The second kappa shape index (κ2) is 7.35. The van der Waals surface area contributed by atoms with E-state index in [-0.39, 0.29) is 23.6 Å². The lowest BCUT2D eigenvalue weighted by molar-refractivity contribution is 0.0946. The highest BCUT2D eigenvalue weighted by Crippen LogP contribution is 2.26. The minimum Gasteiger partial charge on any atom is -0.346 e. The van der Waals surface area contributed by atoms with Gasteiger partial charge < -0.3 is 5.32 Å². The summed E-state index contributed by atoms with van der Waals surface area (Å²) in [6, 6.07) is 8.01. The Hall–Kier alpha value is -2.33. The lowest BCUT2D eigenvalue weighted by Crippen LogP contribution is -2.26. The van der Waals surface area contributed by atoms with Crippen molar-refractivity contribution in [3.8, 4) is 0 Å². The van der Waals surface area contributed by atoms with Crippen molar-refractivity contribution in [1.82, 2.24) is 10.3 Å². The Morgan fingerprint density at radius 3 is 2.67 bits per heavy atom. The van der Waals surface area contributed by atoms with E-state index < -0.39 is 48.0 Å². The van der Waals surface area contributed by atoms with E-state index in [9.17, 15) is 26.0 Å². The van der Waals surface area contributed by atoms with Crippen molar-refractivity contribution in [1.29, 1.82) is 0 Å². The molecule has 27 heavy (non-hydrogen) atoms. The van der Waals surface area contributed by atoms with Crippen molar-refractivity contribution >= 4 is 25.6 Å². The van der Waals surface area contributed by atoms with Crippen LogP contribution in [0, 0.1) is 5.82 Å². The minimum absolute atomic E-state index is 0.0107. The molecule has 0 bridgehead atoms. The zero-order chi connectivity index (χ0) is 19.7. The molecule has 1 saturated heterocycles. The maximum atomic E-state index is 14.1. The highest BCUT2D eigenvalue weighted by Gasteiger charge is 2.38. The number of aromatic nitrogens is 1. The monoisotopic (exact) mass is 412 g/mol. The van der Waals surface area contributed by atoms with Gasteiger partial charge in [0.1, 0.15) is 5.82 Å². The van der Waals surface area contributed by atoms with E-state index >= 15 is 0 Å². The van der Waals surface area contributed by atoms with Gasteiger partial charge in [-0.25, -0.2) is 21.2 Å². The maximum absolute atomic E-state index is 14.1. The van der Waals surface area contributed by atoms with Crippen LogP contribution < -0.4 is 5.32 Å². The number of nitrogens with zero attached hydrogens (tertiary/aromatic N) is 1. The summed E-state index contributed by atoms with van der Waals surface area (Å²) in [4.78, 5) is 16.0. The van der Waals surface area contributed by atoms with Gasteiger partial charge in [0.25, 0.3) is 5.91 Å². The molecule has 1 aliphatic rings. The van der Waals surface area contributed by atoms with E-state index in [0.29, 0.717) is 5.69 Å². The van der Waals surface area contributed by atoms with E-state index in [1.54, 1.807) is 24.4 Å². The summed E-state index contributed by atoms with van der Waals surface area (Å²) in [6.45, 7) is 0.0525. The van der Waals surface area contributed by atoms with Gasteiger partial charge in [-0.15, -0.1) is 0 Å². The molecule has 1 N–H and O–H groups in total. The quantitative estimate of drug-likeness (QED) is 0.737. The van der Waals surface area contributed by atoms with Crippen LogP contribution in [0.4, 0.5) is 4.39 Å². The summed E-state index contributed by atoms with van der Waals surface area (Å²) in [5, 5.41) is 1.40. The first kappa shape index (κ1) is 19.4. The predicted molar refractivity (Wildman–Crippen MR) is 96.1 cm³/mol. The molecule has 2 heterocycles. The van der Waals surface area contributed by atoms with Gasteiger partial charge in [0, 0.05) is 6.20 Å². The third-order valence-electron chi connectivity index (χ3n) is 4.30. The summed E-state index contributed by atoms with van der Waals surface area (Å²) < 4.78 is 62.5. The average Bonchev–Trinajstić information content (AvgIpc) is 3.01. The van der Waals surface area contributed by atoms with Crippen molar-refractivity contribution in [3.05, 3.63) is 59.7 Å². The summed E-state index contributed by atoms with van der Waals surface area (Å²) in [5.41, 5.74) is 0.138. The zero-order valence-corrected chi connectivity index (χ0v) is 15.8. The summed E-state index contributed by atoms with van der Waals surface area (Å²) >= 11 is 0. The van der Waals surface area contributed by atoms with E-state index in [4.69, 9.17) is 0 Å². The molecule has 2 aromatic rings. The number of amides is 1. The van der Waals surface area contributed by atoms with E-state index in [2.05, 4.69) is 10.3 Å². The van der Waals surface area contributed by atoms with Gasteiger partial charge in [-0.2, -0.15) is 0 Å². The van der Waals surface area contributed by atoms with Crippen LogP contribution in [-0.2, 0) is 26.2 Å². The second-order valence-corrected chi connectivity index (χ2v) is 10.7. The van der Waals surface area contributed by atoms with Crippen LogP contribution in [0.1, 0.15) is 22.5 Å². The zero-order valence-electron chi connectivity index (χ0n) is 14.1. The molecule has 0 spiro atoms. The minimum atomic E-state index is -3.99. The molecule has 0 aliphatic carbocycles. The third-order valence-corrected chi connectivity index (χ3v) is 8.47. The molecule has 1 fully saturated rings. The molecule has 1 aromatic carbocycles. The number of rotatable bonds is 5. The Bertz CT molecular complexity index is 1070. The average molecular weight is 412 g/mol. The van der Waals surface area contributed by atoms with Crippen LogP contribution >= 0.6 is 0 Å². The van der Waals surface area contributed by atoms with Crippen molar-refractivity contribution in [2.24, 2.45) is 0 Å². The molecule has 144 valence electrons. The van der Waals surface area contributed by atoms with Crippen LogP contribution in [0.15, 0.2) is 47.5 Å². The number of nitrogens with one attached hydrogen (secondary N) is 1. The third kappa shape index (κ3) is 4.33. The van der Waals surface area contributed by atoms with Gasteiger partial charge in [-0.1, -0.05) is 6.07 Å². The van der Waals surface area contributed by atoms with Gasteiger partial charge in [-0.05, 0) is 36.8 Å². The number of halogens is 1. The first-order valence-electron chi connectivity index (χ1n) is 8.11. The molecule has 0 saturated carbocycles. The lowest BCUT2D eigenvalue weighted by atomic mass is 10.2. The van der Waals surface area contributed by atoms with Gasteiger partial charge in [-0.3, -0.25) is 9.78 Å². The van der Waals surface area contributed by atoms with Gasteiger partial charge in [0.15, 0.2) is 19.7 Å². The summed E-state index contributed by atoms with van der Waals surface area (Å²) in [6.07, 6.45) is 1.54. The number of hydrogen-bond acceptors (Lipinski definition) is 6. The fraction of sp³-hybridized carbons (Fsp3) is 0.294. The van der Waals surface area contributed by atoms with E-state index in [0.717, 1.165) is 18.2 Å². The number of benzene rings is 1. The number of carbonyl (C=O) groups is 1. The van der Waals surface area contributed by atoms with Crippen LogP contribution in [0.25, 0.3) is 0 Å². The molecular weight excluding hydrogens is 395 g/mol. The van der Waals surface area contributed by atoms with Crippen molar-refractivity contribution in [3.63, 3.8) is 0 Å². The molecule has 10 heteroatoms. The number of carbonyl (C=O) groups excluding carboxylic acids is 1. The first-order valence-corrected chi connectivity index (χ1v) is 11.5. The molecule has 1 aromatic heterocycles. The summed E-state index contributed by atoms with van der Waals surface area (Å²) in [7, 11) is -7.39. The molecule has 3 rings (SSSR count). The highest BCUT2D eigenvalue weighted by molar-refractivity contribution is 7.96. The summed E-state index contributed by atoms with van der Waals surface area (Å²) in [5.74, 6) is -2.32. The Labute approximate surface area is 156 Å². The van der Waals surface area contributed by atoms with Crippen LogP contribution in [-0.4, -0.2) is 44.5 Å². The fourth-order valence-corrected chi connectivity index (χ4v) is 7.21. The Morgan fingerprint density at radius 1 is 1.26 bits per heavy atom. The largest absolute Gasteiger partial charge is 0.346 e. The fourth-order valence-electron chi connectivity index (χ4n) is 2.82. The highest BCUT2D eigenvalue weighted by atomic mass is 32.2. The van der Waals surface area contributed by atoms with Crippen LogP contribution in [0.2, 0.25) is 0 Å². The Morgan fingerprint density at radius 2 is 2.04 bits per heavy atom. The van der Waals surface area contributed by atoms with Crippen molar-refractivity contribution in [2.45, 2.75) is 23.1 Å².